The Morgan fingerprint density at radius 3 is 2.36 bits per heavy atom. The number of anilines is 1. The Hall–Kier alpha value is -2.77. The molecule has 0 aliphatic carbocycles. The van der Waals surface area contributed by atoms with E-state index in [1.807, 2.05) is 0 Å². The molecule has 0 radical (unpaired) electrons. The van der Waals surface area contributed by atoms with Gasteiger partial charge < -0.3 is 10.2 Å². The molecule has 0 aliphatic heterocycles. The number of hydrogen-bond donors (Lipinski definition) is 3. The number of fused-ring (bicyclic) bond motifs is 1. The zero-order valence-electron chi connectivity index (χ0n) is 12.6. The molecule has 0 saturated heterocycles. The number of carbonyl (C=O) groups is 1. The van der Waals surface area contributed by atoms with Gasteiger partial charge in [0.2, 0.25) is 0 Å². The van der Waals surface area contributed by atoms with Crippen LogP contribution in [-0.4, -0.2) is 24.6 Å². The molecule has 0 fully saturated rings. The lowest BCUT2D eigenvalue weighted by Gasteiger charge is -2.12. The highest BCUT2D eigenvalue weighted by molar-refractivity contribution is 7.92. The number of rotatable bonds is 4. The summed E-state index contributed by atoms with van der Waals surface area (Å²) in [6, 6.07) is 13.0. The molecule has 3 aromatic carbocycles. The van der Waals surface area contributed by atoms with E-state index in [0.717, 1.165) is 6.07 Å². The number of phenols is 1. The maximum absolute atomic E-state index is 12.6. The molecular weight excluding hydrogens is 366 g/mol. The van der Waals surface area contributed by atoms with Crippen molar-refractivity contribution in [3.05, 3.63) is 65.2 Å². The zero-order valence-corrected chi connectivity index (χ0v) is 14.2. The van der Waals surface area contributed by atoms with E-state index >= 15 is 0 Å². The molecule has 8 heteroatoms. The number of phenolic OH excluding ortho intramolecular Hbond substituents is 1. The summed E-state index contributed by atoms with van der Waals surface area (Å²) in [4.78, 5) is 10.9. The van der Waals surface area contributed by atoms with Crippen LogP contribution in [0.25, 0.3) is 10.8 Å². The van der Waals surface area contributed by atoms with Crippen LogP contribution in [0.5, 0.6) is 5.75 Å². The smallest absolute Gasteiger partial charge is 0.337 e. The summed E-state index contributed by atoms with van der Waals surface area (Å²) in [5.74, 6) is -1.30. The van der Waals surface area contributed by atoms with Gasteiger partial charge in [-0.15, -0.1) is 0 Å². The number of halogens is 1. The average molecular weight is 378 g/mol. The van der Waals surface area contributed by atoms with Gasteiger partial charge in [-0.05, 0) is 30.3 Å². The summed E-state index contributed by atoms with van der Waals surface area (Å²) in [6.45, 7) is 0. The first-order chi connectivity index (χ1) is 11.8. The van der Waals surface area contributed by atoms with Gasteiger partial charge in [0.1, 0.15) is 5.75 Å². The molecule has 0 atom stereocenters. The van der Waals surface area contributed by atoms with E-state index < -0.39 is 16.0 Å². The highest BCUT2D eigenvalue weighted by Crippen LogP contribution is 2.32. The lowest BCUT2D eigenvalue weighted by molar-refractivity contribution is 0.0697. The van der Waals surface area contributed by atoms with Crippen LogP contribution in [0.3, 0.4) is 0 Å². The molecule has 25 heavy (non-hydrogen) atoms. The minimum Gasteiger partial charge on any atom is -0.507 e. The van der Waals surface area contributed by atoms with Crippen LogP contribution >= 0.6 is 11.6 Å². The second-order valence-electron chi connectivity index (χ2n) is 5.23. The van der Waals surface area contributed by atoms with Gasteiger partial charge in [0.05, 0.1) is 21.2 Å². The van der Waals surface area contributed by atoms with Crippen molar-refractivity contribution in [3.63, 3.8) is 0 Å². The maximum Gasteiger partial charge on any atom is 0.337 e. The van der Waals surface area contributed by atoms with Crippen molar-refractivity contribution in [3.8, 4) is 5.75 Å². The summed E-state index contributed by atoms with van der Waals surface area (Å²) < 4.78 is 27.6. The Bertz CT molecular complexity index is 1100. The maximum atomic E-state index is 12.6. The third-order valence-electron chi connectivity index (χ3n) is 3.62. The molecule has 0 amide bonds. The summed E-state index contributed by atoms with van der Waals surface area (Å²) in [5.41, 5.74) is -0.0414. The van der Waals surface area contributed by atoms with E-state index in [9.17, 15) is 18.3 Å². The van der Waals surface area contributed by atoms with Gasteiger partial charge in [-0.25, -0.2) is 13.2 Å². The van der Waals surface area contributed by atoms with Crippen molar-refractivity contribution >= 4 is 44.1 Å². The lowest BCUT2D eigenvalue weighted by Crippen LogP contribution is -2.14. The Balaban J connectivity index is 2.08. The van der Waals surface area contributed by atoms with Gasteiger partial charge in [-0.3, -0.25) is 4.72 Å². The fraction of sp³-hybridized carbons (Fsp3) is 0. The van der Waals surface area contributed by atoms with E-state index in [2.05, 4.69) is 4.72 Å². The SMILES string of the molecule is O=C(O)c1cc(S(=O)(=O)Nc2ccc(O)c3ccccc23)ccc1Cl. The zero-order chi connectivity index (χ0) is 18.2. The highest BCUT2D eigenvalue weighted by atomic mass is 35.5. The molecule has 0 spiro atoms. The number of hydrogen-bond acceptors (Lipinski definition) is 4. The monoisotopic (exact) mass is 377 g/mol. The van der Waals surface area contributed by atoms with Crippen molar-refractivity contribution in [2.45, 2.75) is 4.90 Å². The Morgan fingerprint density at radius 1 is 1.00 bits per heavy atom. The highest BCUT2D eigenvalue weighted by Gasteiger charge is 2.19. The number of nitrogens with one attached hydrogen (secondary N) is 1. The van der Waals surface area contributed by atoms with Crippen molar-refractivity contribution in [2.75, 3.05) is 4.72 Å². The molecule has 3 aromatic rings. The molecule has 3 rings (SSSR count). The van der Waals surface area contributed by atoms with Crippen molar-refractivity contribution in [1.82, 2.24) is 0 Å². The van der Waals surface area contributed by atoms with Crippen LogP contribution in [-0.2, 0) is 10.0 Å². The largest absolute Gasteiger partial charge is 0.507 e. The van der Waals surface area contributed by atoms with Crippen LogP contribution in [0.1, 0.15) is 10.4 Å². The van der Waals surface area contributed by atoms with E-state index in [-0.39, 0.29) is 26.9 Å². The lowest BCUT2D eigenvalue weighted by atomic mass is 10.1. The number of carboxylic acid groups (broad SMARTS) is 1. The number of aromatic carboxylic acids is 1. The minimum absolute atomic E-state index is 0.0261. The van der Waals surface area contributed by atoms with Gasteiger partial charge in [0, 0.05) is 10.8 Å². The molecule has 0 unspecified atom stereocenters. The summed E-state index contributed by atoms with van der Waals surface area (Å²) in [6.07, 6.45) is 0. The summed E-state index contributed by atoms with van der Waals surface area (Å²) in [7, 11) is -4.04. The van der Waals surface area contributed by atoms with Gasteiger partial charge in [-0.2, -0.15) is 0 Å². The molecule has 0 aromatic heterocycles. The Morgan fingerprint density at radius 2 is 1.68 bits per heavy atom. The van der Waals surface area contributed by atoms with Gasteiger partial charge in [0.15, 0.2) is 0 Å². The average Bonchev–Trinajstić information content (AvgIpc) is 2.57. The standard InChI is InChI=1S/C17H12ClNO5S/c18-14-6-5-10(9-13(14)17(21)22)25(23,24)19-15-7-8-16(20)12-4-2-1-3-11(12)15/h1-9,19-20H,(H,21,22). The number of carboxylic acids is 1. The van der Waals surface area contributed by atoms with E-state index in [1.165, 1.54) is 24.3 Å². The van der Waals surface area contributed by atoms with Gasteiger partial charge in [-0.1, -0.05) is 35.9 Å². The van der Waals surface area contributed by atoms with Crippen molar-refractivity contribution < 1.29 is 23.4 Å². The fourth-order valence-corrected chi connectivity index (χ4v) is 3.72. The van der Waals surface area contributed by atoms with E-state index in [1.54, 1.807) is 24.3 Å². The van der Waals surface area contributed by atoms with Crippen molar-refractivity contribution in [1.29, 1.82) is 0 Å². The predicted octanol–water partition coefficient (Wildman–Crippen LogP) is 3.70. The molecular formula is C17H12ClNO5S. The van der Waals surface area contributed by atoms with Crippen LogP contribution in [0.4, 0.5) is 5.69 Å². The molecule has 0 heterocycles. The van der Waals surface area contributed by atoms with Crippen LogP contribution < -0.4 is 4.72 Å². The van der Waals surface area contributed by atoms with Crippen LogP contribution in [0, 0.1) is 0 Å². The topological polar surface area (TPSA) is 104 Å². The second kappa shape index (κ2) is 6.27. The third kappa shape index (κ3) is 3.24. The normalized spacial score (nSPS) is 11.4. The van der Waals surface area contributed by atoms with E-state index in [0.29, 0.717) is 10.8 Å². The quantitative estimate of drug-likeness (QED) is 0.601. The fourth-order valence-electron chi connectivity index (χ4n) is 2.41. The first kappa shape index (κ1) is 17.1. The van der Waals surface area contributed by atoms with Crippen molar-refractivity contribution in [2.24, 2.45) is 0 Å². The first-order valence-corrected chi connectivity index (χ1v) is 8.92. The molecule has 3 N–H and O–H groups in total. The Labute approximate surface area is 148 Å². The van der Waals surface area contributed by atoms with E-state index in [4.69, 9.17) is 16.7 Å². The molecule has 6 nitrogen and oxygen atoms in total. The predicted molar refractivity (Wildman–Crippen MR) is 94.8 cm³/mol. The number of benzene rings is 3. The molecule has 0 aliphatic rings. The molecule has 128 valence electrons. The third-order valence-corrected chi connectivity index (χ3v) is 5.32. The first-order valence-electron chi connectivity index (χ1n) is 7.06. The molecule has 0 bridgehead atoms. The minimum atomic E-state index is -4.04. The Kier molecular flexibility index (Phi) is 4.28. The van der Waals surface area contributed by atoms with Gasteiger partial charge in [0.25, 0.3) is 10.0 Å². The van der Waals surface area contributed by atoms with Crippen LogP contribution in [0.2, 0.25) is 5.02 Å². The number of sulfonamides is 1. The van der Waals surface area contributed by atoms with Gasteiger partial charge >= 0.3 is 5.97 Å². The molecule has 0 saturated carbocycles. The second-order valence-corrected chi connectivity index (χ2v) is 7.32. The summed E-state index contributed by atoms with van der Waals surface area (Å²) in [5, 5.41) is 19.9. The summed E-state index contributed by atoms with van der Waals surface area (Å²) >= 11 is 5.77. The van der Waals surface area contributed by atoms with Crippen LogP contribution in [0.15, 0.2) is 59.5 Å². The number of aromatic hydroxyl groups is 1.